The van der Waals surface area contributed by atoms with Crippen LogP contribution in [0, 0.1) is 0 Å². The zero-order chi connectivity index (χ0) is 22.5. The second-order valence-corrected chi connectivity index (χ2v) is 10.0. The van der Waals surface area contributed by atoms with Gasteiger partial charge < -0.3 is 0 Å². The third kappa shape index (κ3) is 3.46. The maximum atomic E-state index is 11.9. The van der Waals surface area contributed by atoms with Crippen molar-refractivity contribution >= 4 is 26.7 Å². The normalized spacial score (nSPS) is 16.2. The van der Waals surface area contributed by atoms with E-state index in [2.05, 4.69) is 25.4 Å². The van der Waals surface area contributed by atoms with Gasteiger partial charge in [0.05, 0.1) is 29.4 Å². The number of hydrogen-bond donors (Lipinski definition) is 1. The standard InChI is InChI=1S/C20H20N8O3S/c1-13(29)9-20(11-27(12-20)32(2,30)31)28-23-10-18(26-28)19-14-4-3-6-21-16(14)8-17(24-19)15-5-7-22-25-15/h3-8,10H,9,11-12H2,1-2H3,(H,22,25). The highest BCUT2D eigenvalue weighted by Gasteiger charge is 2.50. The van der Waals surface area contributed by atoms with Crippen LogP contribution in [0.1, 0.15) is 13.3 Å². The predicted molar refractivity (Wildman–Crippen MR) is 116 cm³/mol. The van der Waals surface area contributed by atoms with Gasteiger partial charge in [0.1, 0.15) is 22.7 Å². The van der Waals surface area contributed by atoms with E-state index >= 15 is 0 Å². The number of rotatable bonds is 6. The Morgan fingerprint density at radius 1 is 1.22 bits per heavy atom. The van der Waals surface area contributed by atoms with Crippen LogP contribution >= 0.6 is 0 Å². The van der Waals surface area contributed by atoms with Gasteiger partial charge in [0.2, 0.25) is 10.0 Å². The van der Waals surface area contributed by atoms with Crippen LogP contribution in [-0.4, -0.2) is 73.0 Å². The number of carbonyl (C=O) groups is 1. The number of nitrogens with zero attached hydrogens (tertiary/aromatic N) is 7. The van der Waals surface area contributed by atoms with Crippen molar-refractivity contribution in [2.24, 2.45) is 0 Å². The van der Waals surface area contributed by atoms with E-state index in [0.29, 0.717) is 17.1 Å². The van der Waals surface area contributed by atoms with Crippen molar-refractivity contribution in [2.75, 3.05) is 19.3 Å². The average Bonchev–Trinajstić information content (AvgIpc) is 3.41. The summed E-state index contributed by atoms with van der Waals surface area (Å²) in [7, 11) is -3.36. The summed E-state index contributed by atoms with van der Waals surface area (Å²) in [6, 6.07) is 7.40. The minimum atomic E-state index is -3.36. The fourth-order valence-electron chi connectivity index (χ4n) is 4.02. The SMILES string of the molecule is CC(=O)CC1(n2ncc(-c3nc(-c4ccn[nH]4)cc4ncccc34)n2)CN(S(C)(=O)=O)C1. The summed E-state index contributed by atoms with van der Waals surface area (Å²) in [4.78, 5) is 22.6. The van der Waals surface area contributed by atoms with Crippen molar-refractivity contribution in [3.8, 4) is 22.8 Å². The van der Waals surface area contributed by atoms with E-state index in [9.17, 15) is 13.2 Å². The van der Waals surface area contributed by atoms with Gasteiger partial charge in [0.25, 0.3) is 0 Å². The largest absolute Gasteiger partial charge is 0.300 e. The van der Waals surface area contributed by atoms with Crippen LogP contribution in [0.3, 0.4) is 0 Å². The third-order valence-electron chi connectivity index (χ3n) is 5.52. The molecule has 0 bridgehead atoms. The first-order valence-electron chi connectivity index (χ1n) is 9.88. The lowest BCUT2D eigenvalue weighted by Gasteiger charge is -2.47. The zero-order valence-corrected chi connectivity index (χ0v) is 18.2. The molecular formula is C20H20N8O3S. The van der Waals surface area contributed by atoms with E-state index in [0.717, 1.165) is 22.9 Å². The lowest BCUT2D eigenvalue weighted by molar-refractivity contribution is -0.121. The van der Waals surface area contributed by atoms with Gasteiger partial charge in [-0.25, -0.2) is 13.4 Å². The highest BCUT2D eigenvalue weighted by Crippen LogP contribution is 2.35. The molecule has 0 aliphatic carbocycles. The second kappa shape index (κ2) is 7.28. The van der Waals surface area contributed by atoms with Crippen LogP contribution in [0.25, 0.3) is 33.7 Å². The number of aromatic amines is 1. The summed E-state index contributed by atoms with van der Waals surface area (Å²) < 4.78 is 25.1. The molecule has 1 fully saturated rings. The van der Waals surface area contributed by atoms with Crippen LogP contribution in [-0.2, 0) is 20.4 Å². The van der Waals surface area contributed by atoms with E-state index in [1.54, 1.807) is 18.6 Å². The zero-order valence-electron chi connectivity index (χ0n) is 17.4. The van der Waals surface area contributed by atoms with Gasteiger partial charge in [0.15, 0.2) is 0 Å². The summed E-state index contributed by atoms with van der Waals surface area (Å²) in [5.41, 5.74) is 2.41. The molecule has 4 aromatic heterocycles. The second-order valence-electron chi connectivity index (χ2n) is 8.05. The number of nitrogens with one attached hydrogen (secondary N) is 1. The molecule has 0 saturated carbocycles. The van der Waals surface area contributed by atoms with Crippen LogP contribution in [0.15, 0.2) is 42.9 Å². The number of pyridine rings is 2. The van der Waals surface area contributed by atoms with Crippen LogP contribution in [0.5, 0.6) is 0 Å². The highest BCUT2D eigenvalue weighted by molar-refractivity contribution is 7.88. The number of Topliss-reactive ketones (excluding diaryl/α,β-unsaturated/α-hetero) is 1. The number of aromatic nitrogens is 7. The van der Waals surface area contributed by atoms with Gasteiger partial charge in [-0.2, -0.15) is 24.4 Å². The molecule has 5 heterocycles. The summed E-state index contributed by atoms with van der Waals surface area (Å²) in [6.45, 7) is 1.76. The first-order valence-corrected chi connectivity index (χ1v) is 11.7. The van der Waals surface area contributed by atoms with E-state index in [4.69, 9.17) is 4.98 Å². The van der Waals surface area contributed by atoms with Crippen LogP contribution < -0.4 is 0 Å². The molecular weight excluding hydrogens is 432 g/mol. The fourth-order valence-corrected chi connectivity index (χ4v) is 4.97. The molecule has 1 aliphatic rings. The Morgan fingerprint density at radius 3 is 2.72 bits per heavy atom. The number of carbonyl (C=O) groups excluding carboxylic acids is 1. The van der Waals surface area contributed by atoms with E-state index < -0.39 is 15.6 Å². The fraction of sp³-hybridized carbons (Fsp3) is 0.300. The van der Waals surface area contributed by atoms with Crippen LogP contribution in [0.2, 0.25) is 0 Å². The number of ketones is 1. The molecule has 0 aromatic carbocycles. The number of hydrogen-bond acceptors (Lipinski definition) is 8. The minimum Gasteiger partial charge on any atom is -0.300 e. The first-order chi connectivity index (χ1) is 15.2. The minimum absolute atomic E-state index is 0.0639. The summed E-state index contributed by atoms with van der Waals surface area (Å²) >= 11 is 0. The number of sulfonamides is 1. The molecule has 1 aliphatic heterocycles. The molecule has 0 atom stereocenters. The number of H-pyrrole nitrogens is 1. The molecule has 4 aromatic rings. The molecule has 0 amide bonds. The van der Waals surface area contributed by atoms with Gasteiger partial charge in [-0.1, -0.05) is 0 Å². The smallest absolute Gasteiger partial charge is 0.211 e. The summed E-state index contributed by atoms with van der Waals surface area (Å²) in [5, 5.41) is 16.7. The Hall–Kier alpha value is -3.51. The molecule has 5 rings (SSSR count). The van der Waals surface area contributed by atoms with Gasteiger partial charge in [0, 0.05) is 37.3 Å². The molecule has 0 radical (unpaired) electrons. The number of fused-ring (bicyclic) bond motifs is 1. The average molecular weight is 453 g/mol. The molecule has 11 nitrogen and oxygen atoms in total. The Labute approximate surface area is 183 Å². The molecule has 1 saturated heterocycles. The van der Waals surface area contributed by atoms with E-state index in [-0.39, 0.29) is 25.3 Å². The molecule has 1 N–H and O–H groups in total. The van der Waals surface area contributed by atoms with E-state index in [1.165, 1.54) is 16.0 Å². The van der Waals surface area contributed by atoms with Gasteiger partial charge >= 0.3 is 0 Å². The Bertz CT molecular complexity index is 1420. The highest BCUT2D eigenvalue weighted by atomic mass is 32.2. The Kier molecular flexibility index (Phi) is 4.64. The van der Waals surface area contributed by atoms with Gasteiger partial charge in [-0.3, -0.25) is 14.9 Å². The molecule has 0 spiro atoms. The maximum Gasteiger partial charge on any atom is 0.211 e. The Balaban J connectivity index is 1.59. The molecule has 0 unspecified atom stereocenters. The maximum absolute atomic E-state index is 11.9. The first kappa shape index (κ1) is 20.4. The predicted octanol–water partition coefficient (Wildman–Crippen LogP) is 1.23. The van der Waals surface area contributed by atoms with Crippen molar-refractivity contribution in [2.45, 2.75) is 18.9 Å². The third-order valence-corrected chi connectivity index (χ3v) is 6.72. The summed E-state index contributed by atoms with van der Waals surface area (Å²) in [6.07, 6.45) is 6.21. The van der Waals surface area contributed by atoms with Gasteiger partial charge in [-0.15, -0.1) is 0 Å². The topological polar surface area (TPSA) is 140 Å². The summed E-state index contributed by atoms with van der Waals surface area (Å²) in [5.74, 6) is -0.0639. The van der Waals surface area contributed by atoms with Gasteiger partial charge in [-0.05, 0) is 31.2 Å². The van der Waals surface area contributed by atoms with Crippen molar-refractivity contribution in [1.29, 1.82) is 0 Å². The quantitative estimate of drug-likeness (QED) is 0.461. The van der Waals surface area contributed by atoms with Crippen molar-refractivity contribution in [3.63, 3.8) is 0 Å². The molecule has 12 heteroatoms. The van der Waals surface area contributed by atoms with E-state index in [1.807, 2.05) is 24.3 Å². The van der Waals surface area contributed by atoms with Crippen molar-refractivity contribution in [3.05, 3.63) is 42.9 Å². The van der Waals surface area contributed by atoms with Crippen molar-refractivity contribution < 1.29 is 13.2 Å². The van der Waals surface area contributed by atoms with Crippen molar-refractivity contribution in [1.82, 2.24) is 39.5 Å². The molecule has 32 heavy (non-hydrogen) atoms. The Morgan fingerprint density at radius 2 is 2.03 bits per heavy atom. The molecule has 164 valence electrons. The lowest BCUT2D eigenvalue weighted by atomic mass is 9.87. The van der Waals surface area contributed by atoms with Crippen LogP contribution in [0.4, 0.5) is 0 Å². The monoisotopic (exact) mass is 452 g/mol. The lowest BCUT2D eigenvalue weighted by Crippen LogP contribution is -2.65.